The molecule has 0 radical (unpaired) electrons. The van der Waals surface area contributed by atoms with Crippen molar-refractivity contribution in [3.05, 3.63) is 65.5 Å². The van der Waals surface area contributed by atoms with Crippen molar-refractivity contribution in [2.24, 2.45) is 0 Å². The zero-order valence-electron chi connectivity index (χ0n) is 16.3. The summed E-state index contributed by atoms with van der Waals surface area (Å²) < 4.78 is 0. The number of fused-ring (bicyclic) bond motifs is 2. The smallest absolute Gasteiger partial charge is 0.354 e. The highest BCUT2D eigenvalue weighted by atomic mass is 16.4. The molecule has 0 bridgehead atoms. The molecule has 1 saturated heterocycles. The fourth-order valence-electron chi connectivity index (χ4n) is 4.51. The highest BCUT2D eigenvalue weighted by Gasteiger charge is 2.26. The minimum absolute atomic E-state index is 0.136. The molecule has 0 unspecified atom stereocenters. The molecule has 148 valence electrons. The number of pyridine rings is 1. The summed E-state index contributed by atoms with van der Waals surface area (Å²) in [6, 6.07) is 16.5. The van der Waals surface area contributed by atoms with Crippen LogP contribution in [0.25, 0.3) is 10.8 Å². The van der Waals surface area contributed by atoms with Gasteiger partial charge in [0.2, 0.25) is 0 Å². The monoisotopic (exact) mass is 388 g/mol. The average Bonchev–Trinajstić information content (AvgIpc) is 2.78. The number of benzene rings is 2. The summed E-state index contributed by atoms with van der Waals surface area (Å²) in [7, 11) is 0. The fraction of sp³-hybridized carbons (Fsp3) is 0.304. The average molecular weight is 388 g/mol. The summed E-state index contributed by atoms with van der Waals surface area (Å²) in [5.74, 6) is -0.966. The molecule has 0 atom stereocenters. The van der Waals surface area contributed by atoms with Crippen LogP contribution >= 0.6 is 0 Å². The normalized spacial score (nSPS) is 16.7. The molecule has 0 spiro atoms. The van der Waals surface area contributed by atoms with Gasteiger partial charge < -0.3 is 20.2 Å². The SMILES string of the molecule is O=C(O)c1cc(N2CCNCC2)c2c(n1)CN(c1cccc3ccccc13)CC2. The van der Waals surface area contributed by atoms with Crippen LogP contribution in [0.5, 0.6) is 0 Å². The second-order valence-corrected chi connectivity index (χ2v) is 7.66. The molecule has 2 aromatic carbocycles. The van der Waals surface area contributed by atoms with Gasteiger partial charge in [0.15, 0.2) is 5.69 Å². The lowest BCUT2D eigenvalue weighted by atomic mass is 9.99. The number of hydrogen-bond acceptors (Lipinski definition) is 5. The van der Waals surface area contributed by atoms with Crippen molar-refractivity contribution >= 4 is 28.1 Å². The van der Waals surface area contributed by atoms with Crippen molar-refractivity contribution in [2.75, 3.05) is 42.5 Å². The molecule has 0 amide bonds. The number of anilines is 2. The molecule has 6 heteroatoms. The molecule has 2 aliphatic heterocycles. The number of nitrogens with zero attached hydrogens (tertiary/aromatic N) is 3. The first-order valence-corrected chi connectivity index (χ1v) is 10.2. The lowest BCUT2D eigenvalue weighted by Crippen LogP contribution is -2.44. The van der Waals surface area contributed by atoms with Gasteiger partial charge in [0.05, 0.1) is 12.2 Å². The van der Waals surface area contributed by atoms with Gasteiger partial charge in [-0.05, 0) is 23.9 Å². The first kappa shape index (κ1) is 17.9. The molecule has 0 aliphatic carbocycles. The van der Waals surface area contributed by atoms with Crippen LogP contribution in [0.4, 0.5) is 11.4 Å². The third kappa shape index (κ3) is 3.29. The topological polar surface area (TPSA) is 68.7 Å². The second-order valence-electron chi connectivity index (χ2n) is 7.66. The van der Waals surface area contributed by atoms with Gasteiger partial charge in [0, 0.05) is 55.0 Å². The van der Waals surface area contributed by atoms with E-state index in [0.29, 0.717) is 6.54 Å². The number of carbonyl (C=O) groups is 1. The Bertz CT molecular complexity index is 1070. The summed E-state index contributed by atoms with van der Waals surface area (Å²) >= 11 is 0. The van der Waals surface area contributed by atoms with Crippen molar-refractivity contribution in [3.8, 4) is 0 Å². The van der Waals surface area contributed by atoms with E-state index < -0.39 is 5.97 Å². The van der Waals surface area contributed by atoms with Crippen LogP contribution < -0.4 is 15.1 Å². The quantitative estimate of drug-likeness (QED) is 0.719. The third-order valence-corrected chi connectivity index (χ3v) is 5.94. The summed E-state index contributed by atoms with van der Waals surface area (Å²) in [6.45, 7) is 5.14. The molecule has 6 nitrogen and oxygen atoms in total. The Morgan fingerprint density at radius 1 is 0.966 bits per heavy atom. The van der Waals surface area contributed by atoms with Crippen LogP contribution in [0.2, 0.25) is 0 Å². The molecular weight excluding hydrogens is 364 g/mol. The number of hydrogen-bond donors (Lipinski definition) is 2. The molecule has 29 heavy (non-hydrogen) atoms. The highest BCUT2D eigenvalue weighted by Crippen LogP contribution is 2.34. The Kier molecular flexibility index (Phi) is 4.56. The maximum atomic E-state index is 11.7. The maximum absolute atomic E-state index is 11.7. The minimum Gasteiger partial charge on any atom is -0.477 e. The third-order valence-electron chi connectivity index (χ3n) is 5.94. The molecular formula is C23H24N4O2. The molecule has 1 fully saturated rings. The zero-order chi connectivity index (χ0) is 19.8. The first-order valence-electron chi connectivity index (χ1n) is 10.2. The summed E-state index contributed by atoms with van der Waals surface area (Å²) in [4.78, 5) is 20.9. The van der Waals surface area contributed by atoms with Gasteiger partial charge in [0.25, 0.3) is 0 Å². The van der Waals surface area contributed by atoms with Crippen molar-refractivity contribution < 1.29 is 9.90 Å². The standard InChI is InChI=1S/C23H24N4O2/c28-23(29)19-14-22(26-12-9-24-10-13-26)18-8-11-27(15-20(18)25-19)21-7-3-5-16-4-1-2-6-17(16)21/h1-7,14,24H,8-13,15H2,(H,28,29). The molecule has 3 aromatic rings. The van der Waals surface area contributed by atoms with Crippen LogP contribution in [0.3, 0.4) is 0 Å². The number of rotatable bonds is 3. The molecule has 2 N–H and O–H groups in total. The Morgan fingerprint density at radius 2 is 1.76 bits per heavy atom. The lowest BCUT2D eigenvalue weighted by Gasteiger charge is -2.36. The van der Waals surface area contributed by atoms with E-state index >= 15 is 0 Å². The van der Waals surface area contributed by atoms with Crippen LogP contribution in [-0.2, 0) is 13.0 Å². The number of nitrogens with one attached hydrogen (secondary N) is 1. The van der Waals surface area contributed by atoms with Gasteiger partial charge in [-0.1, -0.05) is 36.4 Å². The Balaban J connectivity index is 1.55. The molecule has 5 rings (SSSR count). The van der Waals surface area contributed by atoms with Crippen molar-refractivity contribution in [1.29, 1.82) is 0 Å². The van der Waals surface area contributed by atoms with Crippen molar-refractivity contribution in [3.63, 3.8) is 0 Å². The van der Waals surface area contributed by atoms with Crippen LogP contribution in [-0.4, -0.2) is 48.8 Å². The van der Waals surface area contributed by atoms with E-state index in [-0.39, 0.29) is 5.69 Å². The maximum Gasteiger partial charge on any atom is 0.354 e. The van der Waals surface area contributed by atoms with Gasteiger partial charge in [-0.25, -0.2) is 9.78 Å². The minimum atomic E-state index is -0.966. The largest absolute Gasteiger partial charge is 0.477 e. The lowest BCUT2D eigenvalue weighted by molar-refractivity contribution is 0.0690. The van der Waals surface area contributed by atoms with E-state index in [2.05, 4.69) is 62.6 Å². The molecule has 0 saturated carbocycles. The van der Waals surface area contributed by atoms with E-state index in [9.17, 15) is 9.90 Å². The van der Waals surface area contributed by atoms with Crippen molar-refractivity contribution in [1.82, 2.24) is 10.3 Å². The van der Waals surface area contributed by atoms with Crippen molar-refractivity contribution in [2.45, 2.75) is 13.0 Å². The van der Waals surface area contributed by atoms with Crippen LogP contribution in [0.1, 0.15) is 21.7 Å². The molecule has 3 heterocycles. The van der Waals surface area contributed by atoms with E-state index in [0.717, 1.165) is 50.5 Å². The number of piperazine rings is 1. The Morgan fingerprint density at radius 3 is 2.59 bits per heavy atom. The molecule has 1 aromatic heterocycles. The predicted molar refractivity (Wildman–Crippen MR) is 115 cm³/mol. The summed E-state index contributed by atoms with van der Waals surface area (Å²) in [6.07, 6.45) is 0.866. The number of aromatic nitrogens is 1. The van der Waals surface area contributed by atoms with E-state index in [1.54, 1.807) is 6.07 Å². The number of aromatic carboxylic acids is 1. The van der Waals surface area contributed by atoms with Gasteiger partial charge in [-0.2, -0.15) is 0 Å². The Hall–Kier alpha value is -3.12. The van der Waals surface area contributed by atoms with Crippen LogP contribution in [0.15, 0.2) is 48.5 Å². The van der Waals surface area contributed by atoms with E-state index in [1.165, 1.54) is 22.0 Å². The van der Waals surface area contributed by atoms with E-state index in [1.807, 2.05) is 0 Å². The molecule has 2 aliphatic rings. The van der Waals surface area contributed by atoms with Gasteiger partial charge in [-0.15, -0.1) is 0 Å². The van der Waals surface area contributed by atoms with Gasteiger partial charge in [-0.3, -0.25) is 0 Å². The first-order chi connectivity index (χ1) is 14.2. The number of carboxylic acids is 1. The summed E-state index contributed by atoms with van der Waals surface area (Å²) in [5.41, 5.74) is 4.45. The summed E-state index contributed by atoms with van der Waals surface area (Å²) in [5, 5.41) is 15.4. The highest BCUT2D eigenvalue weighted by molar-refractivity contribution is 5.94. The zero-order valence-corrected chi connectivity index (χ0v) is 16.3. The van der Waals surface area contributed by atoms with Crippen LogP contribution in [0, 0.1) is 0 Å². The second kappa shape index (κ2) is 7.37. The number of carboxylic acid groups (broad SMARTS) is 1. The van der Waals surface area contributed by atoms with Gasteiger partial charge in [0.1, 0.15) is 0 Å². The van der Waals surface area contributed by atoms with Gasteiger partial charge >= 0.3 is 5.97 Å². The Labute approximate surface area is 169 Å². The van der Waals surface area contributed by atoms with E-state index in [4.69, 9.17) is 0 Å². The predicted octanol–water partition coefficient (Wildman–Crippen LogP) is 2.91. The fourth-order valence-corrected chi connectivity index (χ4v) is 4.51.